The molecule has 2 aromatic carbocycles. The van der Waals surface area contributed by atoms with E-state index in [0.29, 0.717) is 29.5 Å². The maximum absolute atomic E-state index is 12.9. The predicted molar refractivity (Wildman–Crippen MR) is 111 cm³/mol. The standard InChI is InChI=1S/C23H24N2O5/c1-27-17-7-4-15(5-8-17)14-24-22(26)23(10-11-23)21-13-19(30-25-21)16-6-9-18(28-2)20(12-16)29-3/h4-9,12-13H,10-11,14H2,1-3H3,(H,24,26). The Hall–Kier alpha value is -3.48. The first kappa shape index (κ1) is 19.8. The van der Waals surface area contributed by atoms with Crippen molar-refractivity contribution in [3.8, 4) is 28.6 Å². The van der Waals surface area contributed by atoms with Gasteiger partial charge < -0.3 is 24.1 Å². The van der Waals surface area contributed by atoms with Gasteiger partial charge in [0.2, 0.25) is 5.91 Å². The molecule has 0 saturated heterocycles. The highest BCUT2D eigenvalue weighted by Gasteiger charge is 2.53. The zero-order valence-corrected chi connectivity index (χ0v) is 17.2. The summed E-state index contributed by atoms with van der Waals surface area (Å²) >= 11 is 0. The molecule has 30 heavy (non-hydrogen) atoms. The minimum atomic E-state index is -0.620. The number of carbonyl (C=O) groups is 1. The van der Waals surface area contributed by atoms with Crippen LogP contribution >= 0.6 is 0 Å². The zero-order valence-electron chi connectivity index (χ0n) is 17.2. The first-order valence-corrected chi connectivity index (χ1v) is 9.70. The number of methoxy groups -OCH3 is 3. The lowest BCUT2D eigenvalue weighted by molar-refractivity contribution is -0.123. The summed E-state index contributed by atoms with van der Waals surface area (Å²) in [5.41, 5.74) is 1.84. The van der Waals surface area contributed by atoms with Gasteiger partial charge in [0.15, 0.2) is 17.3 Å². The van der Waals surface area contributed by atoms with Gasteiger partial charge in [0.1, 0.15) is 5.75 Å². The summed E-state index contributed by atoms with van der Waals surface area (Å²) in [6.45, 7) is 0.449. The molecule has 4 rings (SSSR count). The van der Waals surface area contributed by atoms with Crippen molar-refractivity contribution < 1.29 is 23.5 Å². The molecule has 3 aromatic rings. The van der Waals surface area contributed by atoms with E-state index in [4.69, 9.17) is 18.7 Å². The van der Waals surface area contributed by atoms with Crippen molar-refractivity contribution in [1.29, 1.82) is 0 Å². The molecule has 156 valence electrons. The second-order valence-corrected chi connectivity index (χ2v) is 7.26. The number of nitrogens with zero attached hydrogens (tertiary/aromatic N) is 1. The van der Waals surface area contributed by atoms with Crippen LogP contribution in [0.15, 0.2) is 53.1 Å². The van der Waals surface area contributed by atoms with E-state index < -0.39 is 5.41 Å². The second kappa shape index (κ2) is 8.10. The van der Waals surface area contributed by atoms with E-state index >= 15 is 0 Å². The van der Waals surface area contributed by atoms with Crippen LogP contribution in [0.1, 0.15) is 24.1 Å². The number of ether oxygens (including phenoxy) is 3. The highest BCUT2D eigenvalue weighted by Crippen LogP contribution is 2.48. The number of benzene rings is 2. The number of aromatic nitrogens is 1. The van der Waals surface area contributed by atoms with Crippen LogP contribution in [0.2, 0.25) is 0 Å². The fraction of sp³-hybridized carbons (Fsp3) is 0.304. The molecule has 0 radical (unpaired) electrons. The predicted octanol–water partition coefficient (Wildman–Crippen LogP) is 3.72. The number of hydrogen-bond acceptors (Lipinski definition) is 6. The number of hydrogen-bond donors (Lipinski definition) is 1. The summed E-state index contributed by atoms with van der Waals surface area (Å²) in [6.07, 6.45) is 1.50. The molecule has 1 amide bonds. The molecule has 1 N–H and O–H groups in total. The van der Waals surface area contributed by atoms with Gasteiger partial charge in [0.05, 0.1) is 32.4 Å². The van der Waals surface area contributed by atoms with Crippen LogP contribution in [0.25, 0.3) is 11.3 Å². The van der Waals surface area contributed by atoms with Crippen molar-refractivity contribution in [2.75, 3.05) is 21.3 Å². The van der Waals surface area contributed by atoms with E-state index in [1.54, 1.807) is 21.3 Å². The molecule has 7 nitrogen and oxygen atoms in total. The summed E-state index contributed by atoms with van der Waals surface area (Å²) in [6, 6.07) is 15.0. The average molecular weight is 408 g/mol. The van der Waals surface area contributed by atoms with Gasteiger partial charge in [-0.05, 0) is 48.7 Å². The highest BCUT2D eigenvalue weighted by atomic mass is 16.5. The Balaban J connectivity index is 1.47. The monoisotopic (exact) mass is 408 g/mol. The molecule has 1 heterocycles. The van der Waals surface area contributed by atoms with Crippen LogP contribution < -0.4 is 19.5 Å². The third kappa shape index (κ3) is 3.70. The average Bonchev–Trinajstić information content (AvgIpc) is 3.46. The fourth-order valence-corrected chi connectivity index (χ4v) is 3.45. The summed E-state index contributed by atoms with van der Waals surface area (Å²) < 4.78 is 21.3. The molecule has 1 fully saturated rings. The van der Waals surface area contributed by atoms with Gasteiger partial charge >= 0.3 is 0 Å². The first-order valence-electron chi connectivity index (χ1n) is 9.70. The van der Waals surface area contributed by atoms with Crippen LogP contribution in [-0.2, 0) is 16.8 Å². The van der Waals surface area contributed by atoms with E-state index in [1.807, 2.05) is 48.5 Å². The normalized spacial score (nSPS) is 14.1. The summed E-state index contributed by atoms with van der Waals surface area (Å²) in [5, 5.41) is 7.22. The Bertz CT molecular complexity index is 1040. The van der Waals surface area contributed by atoms with Crippen LogP contribution in [0.3, 0.4) is 0 Å². The lowest BCUT2D eigenvalue weighted by atomic mass is 10.00. The molecule has 0 bridgehead atoms. The molecule has 7 heteroatoms. The van der Waals surface area contributed by atoms with E-state index in [1.165, 1.54) is 0 Å². The van der Waals surface area contributed by atoms with Gasteiger partial charge in [-0.1, -0.05) is 17.3 Å². The summed E-state index contributed by atoms with van der Waals surface area (Å²) in [7, 11) is 4.80. The Morgan fingerprint density at radius 1 is 1.00 bits per heavy atom. The van der Waals surface area contributed by atoms with Gasteiger partial charge in [-0.25, -0.2) is 0 Å². The summed E-state index contributed by atoms with van der Waals surface area (Å²) in [4.78, 5) is 12.9. The smallest absolute Gasteiger partial charge is 0.232 e. The Morgan fingerprint density at radius 2 is 1.73 bits per heavy atom. The number of rotatable bonds is 8. The minimum Gasteiger partial charge on any atom is -0.497 e. The topological polar surface area (TPSA) is 82.8 Å². The van der Waals surface area contributed by atoms with Crippen LogP contribution in [-0.4, -0.2) is 32.4 Å². The molecule has 1 aromatic heterocycles. The van der Waals surface area contributed by atoms with Crippen LogP contribution in [0.4, 0.5) is 0 Å². The molecular weight excluding hydrogens is 384 g/mol. The summed E-state index contributed by atoms with van der Waals surface area (Å²) in [5.74, 6) is 2.57. The van der Waals surface area contributed by atoms with Gasteiger partial charge in [-0.2, -0.15) is 0 Å². The van der Waals surface area contributed by atoms with Gasteiger partial charge in [-0.15, -0.1) is 0 Å². The number of amides is 1. The van der Waals surface area contributed by atoms with Crippen molar-refractivity contribution in [1.82, 2.24) is 10.5 Å². The van der Waals surface area contributed by atoms with E-state index in [2.05, 4.69) is 10.5 Å². The van der Waals surface area contributed by atoms with Gasteiger partial charge in [0, 0.05) is 18.2 Å². The molecule has 0 unspecified atom stereocenters. The SMILES string of the molecule is COc1ccc(CNC(=O)C2(c3cc(-c4ccc(OC)c(OC)c4)on3)CC2)cc1. The first-order chi connectivity index (χ1) is 14.6. The lowest BCUT2D eigenvalue weighted by Crippen LogP contribution is -2.34. The maximum Gasteiger partial charge on any atom is 0.232 e. The van der Waals surface area contributed by atoms with Crippen LogP contribution in [0.5, 0.6) is 17.2 Å². The van der Waals surface area contributed by atoms with Crippen LogP contribution in [0, 0.1) is 0 Å². The van der Waals surface area contributed by atoms with Gasteiger partial charge in [0.25, 0.3) is 0 Å². The van der Waals surface area contributed by atoms with E-state index in [0.717, 1.165) is 29.7 Å². The Labute approximate surface area is 174 Å². The van der Waals surface area contributed by atoms with E-state index in [9.17, 15) is 4.79 Å². The van der Waals surface area contributed by atoms with Crippen molar-refractivity contribution in [3.63, 3.8) is 0 Å². The Morgan fingerprint density at radius 3 is 2.37 bits per heavy atom. The quantitative estimate of drug-likeness (QED) is 0.612. The maximum atomic E-state index is 12.9. The second-order valence-electron chi connectivity index (χ2n) is 7.26. The Kier molecular flexibility index (Phi) is 5.35. The molecule has 1 aliphatic carbocycles. The largest absolute Gasteiger partial charge is 0.497 e. The lowest BCUT2D eigenvalue weighted by Gasteiger charge is -2.12. The number of carbonyl (C=O) groups excluding carboxylic acids is 1. The molecule has 1 aliphatic rings. The highest BCUT2D eigenvalue weighted by molar-refractivity contribution is 5.91. The molecule has 0 atom stereocenters. The minimum absolute atomic E-state index is 0.0366. The van der Waals surface area contributed by atoms with Crippen molar-refractivity contribution in [2.24, 2.45) is 0 Å². The molecule has 0 spiro atoms. The van der Waals surface area contributed by atoms with Crippen molar-refractivity contribution in [2.45, 2.75) is 24.8 Å². The molecule has 1 saturated carbocycles. The third-order valence-corrected chi connectivity index (χ3v) is 5.47. The molecular formula is C23H24N2O5. The third-order valence-electron chi connectivity index (χ3n) is 5.47. The van der Waals surface area contributed by atoms with Gasteiger partial charge in [-0.3, -0.25) is 4.79 Å². The van der Waals surface area contributed by atoms with E-state index in [-0.39, 0.29) is 5.91 Å². The number of nitrogens with one attached hydrogen (secondary N) is 1. The zero-order chi connectivity index (χ0) is 21.1. The van der Waals surface area contributed by atoms with Crippen molar-refractivity contribution in [3.05, 3.63) is 59.8 Å². The molecule has 0 aliphatic heterocycles. The van der Waals surface area contributed by atoms with Crippen molar-refractivity contribution >= 4 is 5.91 Å². The fourth-order valence-electron chi connectivity index (χ4n) is 3.45.